The molecule has 0 radical (unpaired) electrons. The summed E-state index contributed by atoms with van der Waals surface area (Å²) < 4.78 is 5.81. The molecule has 0 N–H and O–H groups in total. The third kappa shape index (κ3) is 2.12. The molecule has 4 nitrogen and oxygen atoms in total. The molecule has 0 spiro atoms. The minimum atomic E-state index is -0.431. The molecule has 0 bridgehead atoms. The molecule has 17 heavy (non-hydrogen) atoms. The highest BCUT2D eigenvalue weighted by atomic mass is 16.5. The van der Waals surface area contributed by atoms with Gasteiger partial charge in [-0.15, -0.1) is 0 Å². The second kappa shape index (κ2) is 4.15. The van der Waals surface area contributed by atoms with E-state index >= 15 is 0 Å². The van der Waals surface area contributed by atoms with Gasteiger partial charge in [0.15, 0.2) is 5.78 Å². The van der Waals surface area contributed by atoms with Gasteiger partial charge in [-0.25, -0.2) is 4.79 Å². The van der Waals surface area contributed by atoms with Crippen LogP contribution in [0.4, 0.5) is 5.69 Å². The normalized spacial score (nSPS) is 22.4. The van der Waals surface area contributed by atoms with Crippen LogP contribution in [-0.2, 0) is 4.79 Å². The Balaban J connectivity index is 2.45. The molecule has 0 aromatic heterocycles. The molecule has 0 saturated heterocycles. The van der Waals surface area contributed by atoms with Crippen LogP contribution in [-0.4, -0.2) is 17.5 Å². The molecule has 1 atom stereocenters. The lowest BCUT2D eigenvalue weighted by molar-refractivity contribution is 0.0499. The van der Waals surface area contributed by atoms with Crippen LogP contribution in [0.25, 0.3) is 0 Å². The average Bonchev–Trinajstić information content (AvgIpc) is 2.30. The Hall–Kier alpha value is -1.93. The fourth-order valence-corrected chi connectivity index (χ4v) is 1.88. The van der Waals surface area contributed by atoms with Gasteiger partial charge in [-0.1, -0.05) is 6.92 Å². The smallest absolute Gasteiger partial charge is 0.240 e. The molecule has 1 aliphatic rings. The molecule has 1 aliphatic heterocycles. The van der Waals surface area contributed by atoms with Crippen LogP contribution >= 0.6 is 0 Å². The minimum absolute atomic E-state index is 0.0264. The molecule has 0 saturated carbocycles. The van der Waals surface area contributed by atoms with Gasteiger partial charge in [0.1, 0.15) is 11.4 Å². The van der Waals surface area contributed by atoms with Crippen molar-refractivity contribution in [3.8, 4) is 5.75 Å². The second-order valence-electron chi connectivity index (χ2n) is 4.39. The van der Waals surface area contributed by atoms with E-state index < -0.39 is 5.60 Å². The van der Waals surface area contributed by atoms with Crippen molar-refractivity contribution < 1.29 is 14.3 Å². The van der Waals surface area contributed by atoms with Crippen molar-refractivity contribution in [2.24, 2.45) is 4.99 Å². The van der Waals surface area contributed by atoms with Gasteiger partial charge in [0, 0.05) is 0 Å². The number of isocyanates is 1. The van der Waals surface area contributed by atoms with Crippen LogP contribution in [0.1, 0.15) is 37.0 Å². The van der Waals surface area contributed by atoms with Crippen molar-refractivity contribution in [2.45, 2.75) is 32.3 Å². The summed E-state index contributed by atoms with van der Waals surface area (Å²) in [5, 5.41) is 0. The molecule has 1 heterocycles. The standard InChI is InChI=1S/C13H13NO3/c1-3-13(2)7-11(16)10-6-9(14-8-15)4-5-12(10)17-13/h4-6H,3,7H2,1-2H3. The molecule has 0 fully saturated rings. The third-order valence-corrected chi connectivity index (χ3v) is 3.08. The number of hydrogen-bond donors (Lipinski definition) is 0. The molecule has 1 unspecified atom stereocenters. The summed E-state index contributed by atoms with van der Waals surface area (Å²) >= 11 is 0. The van der Waals surface area contributed by atoms with Gasteiger partial charge in [0.2, 0.25) is 6.08 Å². The number of benzene rings is 1. The summed E-state index contributed by atoms with van der Waals surface area (Å²) in [7, 11) is 0. The topological polar surface area (TPSA) is 55.7 Å². The highest BCUT2D eigenvalue weighted by Gasteiger charge is 2.34. The van der Waals surface area contributed by atoms with E-state index in [-0.39, 0.29) is 5.78 Å². The Morgan fingerprint density at radius 2 is 2.29 bits per heavy atom. The molecule has 4 heteroatoms. The molecule has 88 valence electrons. The number of Topliss-reactive ketones (excluding diaryl/α,β-unsaturated/α-hetero) is 1. The van der Waals surface area contributed by atoms with Gasteiger partial charge in [0.05, 0.1) is 17.7 Å². The fraction of sp³-hybridized carbons (Fsp3) is 0.385. The SMILES string of the molecule is CCC1(C)CC(=O)c2cc(N=C=O)ccc2O1. The number of aliphatic imine (C=N–C) groups is 1. The van der Waals surface area contributed by atoms with Gasteiger partial charge in [-0.2, -0.15) is 4.99 Å². The van der Waals surface area contributed by atoms with Crippen LogP contribution in [0.3, 0.4) is 0 Å². The summed E-state index contributed by atoms with van der Waals surface area (Å²) in [6.07, 6.45) is 2.58. The molecule has 0 aliphatic carbocycles. The quantitative estimate of drug-likeness (QED) is 0.581. The fourth-order valence-electron chi connectivity index (χ4n) is 1.88. The lowest BCUT2D eigenvalue weighted by atomic mass is 9.89. The predicted octanol–water partition coefficient (Wildman–Crippen LogP) is 2.79. The van der Waals surface area contributed by atoms with Gasteiger partial charge < -0.3 is 4.74 Å². The van der Waals surface area contributed by atoms with Crippen molar-refractivity contribution in [1.82, 2.24) is 0 Å². The number of ether oxygens (including phenoxy) is 1. The van der Waals surface area contributed by atoms with Crippen molar-refractivity contribution in [2.75, 3.05) is 0 Å². The number of rotatable bonds is 2. The Kier molecular flexibility index (Phi) is 2.82. The van der Waals surface area contributed by atoms with E-state index in [1.165, 1.54) is 6.08 Å². The first-order valence-electron chi connectivity index (χ1n) is 5.52. The Bertz CT molecular complexity index is 517. The molecular weight excluding hydrogens is 218 g/mol. The van der Waals surface area contributed by atoms with E-state index in [1.807, 2.05) is 13.8 Å². The number of ketones is 1. The van der Waals surface area contributed by atoms with Crippen LogP contribution in [0, 0.1) is 0 Å². The maximum absolute atomic E-state index is 12.0. The van der Waals surface area contributed by atoms with E-state index in [0.717, 1.165) is 6.42 Å². The second-order valence-corrected chi connectivity index (χ2v) is 4.39. The zero-order valence-electron chi connectivity index (χ0n) is 9.82. The third-order valence-electron chi connectivity index (χ3n) is 3.08. The lowest BCUT2D eigenvalue weighted by Gasteiger charge is -2.34. The van der Waals surface area contributed by atoms with E-state index in [0.29, 0.717) is 23.4 Å². The van der Waals surface area contributed by atoms with Crippen LogP contribution in [0.5, 0.6) is 5.75 Å². The highest BCUT2D eigenvalue weighted by Crippen LogP contribution is 2.36. The highest BCUT2D eigenvalue weighted by molar-refractivity contribution is 6.01. The maximum Gasteiger partial charge on any atom is 0.240 e. The summed E-state index contributed by atoms with van der Waals surface area (Å²) in [5.41, 5.74) is 0.489. The summed E-state index contributed by atoms with van der Waals surface area (Å²) in [6.45, 7) is 3.91. The Morgan fingerprint density at radius 3 is 2.94 bits per heavy atom. The van der Waals surface area contributed by atoms with Crippen LogP contribution < -0.4 is 4.74 Å². The number of hydrogen-bond acceptors (Lipinski definition) is 4. The molecule has 0 amide bonds. The van der Waals surface area contributed by atoms with E-state index in [9.17, 15) is 9.59 Å². The number of carbonyl (C=O) groups excluding carboxylic acids is 2. The predicted molar refractivity (Wildman–Crippen MR) is 62.5 cm³/mol. The average molecular weight is 231 g/mol. The zero-order valence-corrected chi connectivity index (χ0v) is 9.82. The van der Waals surface area contributed by atoms with Crippen molar-refractivity contribution in [1.29, 1.82) is 0 Å². The van der Waals surface area contributed by atoms with Crippen molar-refractivity contribution in [3.05, 3.63) is 23.8 Å². The lowest BCUT2D eigenvalue weighted by Crippen LogP contribution is -2.38. The molecule has 1 aromatic carbocycles. The summed E-state index contributed by atoms with van der Waals surface area (Å²) in [6, 6.07) is 4.88. The number of carbonyl (C=O) groups is 1. The van der Waals surface area contributed by atoms with Gasteiger partial charge in [-0.3, -0.25) is 4.79 Å². The van der Waals surface area contributed by atoms with Crippen molar-refractivity contribution in [3.63, 3.8) is 0 Å². The molecular formula is C13H13NO3. The first-order chi connectivity index (χ1) is 8.08. The van der Waals surface area contributed by atoms with E-state index in [4.69, 9.17) is 4.74 Å². The van der Waals surface area contributed by atoms with Gasteiger partial charge in [-0.05, 0) is 31.5 Å². The van der Waals surface area contributed by atoms with Crippen LogP contribution in [0.15, 0.2) is 23.2 Å². The first kappa shape index (κ1) is 11.6. The Morgan fingerprint density at radius 1 is 1.53 bits per heavy atom. The van der Waals surface area contributed by atoms with Crippen molar-refractivity contribution >= 4 is 17.6 Å². The molecule has 2 rings (SSSR count). The van der Waals surface area contributed by atoms with Gasteiger partial charge >= 0.3 is 0 Å². The van der Waals surface area contributed by atoms with E-state index in [1.54, 1.807) is 18.2 Å². The first-order valence-corrected chi connectivity index (χ1v) is 5.52. The number of nitrogens with zero attached hydrogens (tertiary/aromatic N) is 1. The zero-order chi connectivity index (χ0) is 12.5. The largest absolute Gasteiger partial charge is 0.486 e. The Labute approximate surface area is 99.3 Å². The maximum atomic E-state index is 12.0. The monoisotopic (exact) mass is 231 g/mol. The molecule has 1 aromatic rings. The van der Waals surface area contributed by atoms with E-state index in [2.05, 4.69) is 4.99 Å². The van der Waals surface area contributed by atoms with Gasteiger partial charge in [0.25, 0.3) is 0 Å². The van der Waals surface area contributed by atoms with Crippen LogP contribution in [0.2, 0.25) is 0 Å². The summed E-state index contributed by atoms with van der Waals surface area (Å²) in [5.74, 6) is 0.592. The summed E-state index contributed by atoms with van der Waals surface area (Å²) in [4.78, 5) is 25.7. The number of fused-ring (bicyclic) bond motifs is 1. The minimum Gasteiger partial charge on any atom is -0.486 e.